The van der Waals surface area contributed by atoms with Crippen LogP contribution in [0.2, 0.25) is 0 Å². The van der Waals surface area contributed by atoms with Crippen LogP contribution in [0.1, 0.15) is 13.3 Å². The maximum absolute atomic E-state index is 11.1. The predicted molar refractivity (Wildman–Crippen MR) is 131 cm³/mol. The van der Waals surface area contributed by atoms with Crippen LogP contribution in [0.4, 0.5) is 0 Å². The summed E-state index contributed by atoms with van der Waals surface area (Å²) in [7, 11) is 0. The summed E-state index contributed by atoms with van der Waals surface area (Å²) in [6.07, 6.45) is 6.37. The van der Waals surface area contributed by atoms with Gasteiger partial charge in [0.1, 0.15) is 0 Å². The van der Waals surface area contributed by atoms with Crippen molar-refractivity contribution in [1.82, 2.24) is 0 Å². The zero-order valence-electron chi connectivity index (χ0n) is 20.8. The van der Waals surface area contributed by atoms with Crippen molar-refractivity contribution in [1.29, 1.82) is 0 Å². The SMILES string of the molecule is CCC(CO)(CO)CO.O=C(O)C=CC(C=CC(=O)O)C(C=CC(=O)O)(C=CC(=O)O)C(CO)(CO)CO. The number of aliphatic hydroxyl groups is 6. The second-order valence-electron chi connectivity index (χ2n) is 8.28. The smallest absolute Gasteiger partial charge is 0.328 e. The molecule has 0 bridgehead atoms. The summed E-state index contributed by atoms with van der Waals surface area (Å²) >= 11 is 0. The Hall–Kier alpha value is -3.40. The fraction of sp³-hybridized carbons (Fsp3) is 0.500. The quantitative estimate of drug-likeness (QED) is 0.0924. The Balaban J connectivity index is 0. The average Bonchev–Trinajstić information content (AvgIpc) is 2.88. The fourth-order valence-corrected chi connectivity index (χ4v) is 3.20. The van der Waals surface area contributed by atoms with Crippen LogP contribution in [-0.2, 0) is 19.2 Å². The van der Waals surface area contributed by atoms with E-state index in [-0.39, 0.29) is 19.8 Å². The zero-order valence-corrected chi connectivity index (χ0v) is 20.8. The summed E-state index contributed by atoms with van der Waals surface area (Å²) in [4.78, 5) is 44.1. The summed E-state index contributed by atoms with van der Waals surface area (Å²) in [6, 6.07) is 0. The first kappa shape index (κ1) is 36.8. The predicted octanol–water partition coefficient (Wildman–Crippen LogP) is -1.52. The molecule has 14 heteroatoms. The van der Waals surface area contributed by atoms with Gasteiger partial charge in [-0.1, -0.05) is 31.2 Å². The Morgan fingerprint density at radius 3 is 1.08 bits per heavy atom. The Morgan fingerprint density at radius 2 is 0.895 bits per heavy atom. The fourth-order valence-electron chi connectivity index (χ4n) is 3.20. The van der Waals surface area contributed by atoms with E-state index in [9.17, 15) is 34.5 Å². The molecule has 0 saturated carbocycles. The molecule has 0 unspecified atom stereocenters. The van der Waals surface area contributed by atoms with E-state index in [4.69, 9.17) is 35.7 Å². The second kappa shape index (κ2) is 18.0. The number of carboxylic acid groups (broad SMARTS) is 4. The molecule has 0 aromatic rings. The van der Waals surface area contributed by atoms with E-state index in [1.165, 1.54) is 0 Å². The summed E-state index contributed by atoms with van der Waals surface area (Å²) in [5, 5.41) is 91.5. The maximum atomic E-state index is 11.1. The molecule has 0 rings (SSSR count). The Labute approximate surface area is 218 Å². The molecule has 0 heterocycles. The molecule has 0 radical (unpaired) electrons. The van der Waals surface area contributed by atoms with E-state index in [0.29, 0.717) is 30.7 Å². The lowest BCUT2D eigenvalue weighted by Crippen LogP contribution is -2.52. The Bertz CT molecular complexity index is 805. The van der Waals surface area contributed by atoms with E-state index in [1.54, 1.807) is 0 Å². The summed E-state index contributed by atoms with van der Waals surface area (Å²) in [5.41, 5.74) is -4.73. The molecule has 0 aliphatic heterocycles. The molecule has 0 saturated heterocycles. The van der Waals surface area contributed by atoms with Gasteiger partial charge in [-0.05, 0) is 6.42 Å². The highest BCUT2D eigenvalue weighted by atomic mass is 16.4. The lowest BCUT2D eigenvalue weighted by Gasteiger charge is -2.47. The molecule has 0 amide bonds. The average molecular weight is 549 g/mol. The number of rotatable bonds is 17. The number of aliphatic hydroxyl groups excluding tert-OH is 6. The van der Waals surface area contributed by atoms with Gasteiger partial charge in [-0.2, -0.15) is 0 Å². The van der Waals surface area contributed by atoms with Crippen LogP contribution in [0.3, 0.4) is 0 Å². The molecule has 38 heavy (non-hydrogen) atoms. The van der Waals surface area contributed by atoms with E-state index in [1.807, 2.05) is 6.92 Å². The Kier molecular flexibility index (Phi) is 17.4. The van der Waals surface area contributed by atoms with Crippen molar-refractivity contribution in [3.63, 3.8) is 0 Å². The molecule has 216 valence electrons. The molecule has 0 aromatic heterocycles. The van der Waals surface area contributed by atoms with Gasteiger partial charge in [0.05, 0.1) is 45.1 Å². The van der Waals surface area contributed by atoms with Gasteiger partial charge < -0.3 is 51.1 Å². The van der Waals surface area contributed by atoms with Crippen LogP contribution >= 0.6 is 0 Å². The number of hydrogen-bond donors (Lipinski definition) is 10. The number of hydrogen-bond acceptors (Lipinski definition) is 10. The Morgan fingerprint density at radius 1 is 0.579 bits per heavy atom. The van der Waals surface area contributed by atoms with Gasteiger partial charge in [-0.15, -0.1) is 0 Å². The first-order valence-electron chi connectivity index (χ1n) is 11.1. The minimum atomic E-state index is -2.06. The molecule has 0 spiro atoms. The monoisotopic (exact) mass is 548 g/mol. The van der Waals surface area contributed by atoms with E-state index in [2.05, 4.69) is 0 Å². The lowest BCUT2D eigenvalue weighted by molar-refractivity contribution is -0.132. The number of carboxylic acids is 4. The number of allylic oxidation sites excluding steroid dienone is 4. The minimum Gasteiger partial charge on any atom is -0.478 e. The van der Waals surface area contributed by atoms with Crippen molar-refractivity contribution in [3.8, 4) is 0 Å². The minimum absolute atomic E-state index is 0.156. The van der Waals surface area contributed by atoms with Crippen molar-refractivity contribution in [2.24, 2.45) is 22.2 Å². The number of carbonyl (C=O) groups is 4. The van der Waals surface area contributed by atoms with Gasteiger partial charge in [-0.25, -0.2) is 19.2 Å². The molecule has 0 aliphatic rings. The molecular formula is C24H36O14. The first-order valence-corrected chi connectivity index (χ1v) is 11.1. The highest BCUT2D eigenvalue weighted by Crippen LogP contribution is 2.49. The van der Waals surface area contributed by atoms with Crippen LogP contribution in [0.5, 0.6) is 0 Å². The van der Waals surface area contributed by atoms with Gasteiger partial charge >= 0.3 is 23.9 Å². The van der Waals surface area contributed by atoms with E-state index >= 15 is 0 Å². The standard InChI is InChI=1S/C18H22O11.C6H14O3/c19-9-17(10-20,11-21)18(7-5-15(26)27,8-6-16(28)29)12(1-3-13(22)23)2-4-14(24)25;1-2-6(3-7,4-8)5-9/h1-8,12,19-21H,9-11H2,(H,22,23)(H,24,25)(H,26,27)(H,28,29);7-9H,2-5H2,1H3. The van der Waals surface area contributed by atoms with Crippen LogP contribution in [0, 0.1) is 22.2 Å². The van der Waals surface area contributed by atoms with E-state index in [0.717, 1.165) is 24.3 Å². The third-order valence-corrected chi connectivity index (χ3v) is 6.03. The van der Waals surface area contributed by atoms with Crippen molar-refractivity contribution in [3.05, 3.63) is 48.6 Å². The van der Waals surface area contributed by atoms with E-state index < -0.39 is 65.9 Å². The van der Waals surface area contributed by atoms with Crippen molar-refractivity contribution in [2.45, 2.75) is 13.3 Å². The molecule has 10 N–H and O–H groups in total. The highest BCUT2D eigenvalue weighted by molar-refractivity contribution is 5.82. The van der Waals surface area contributed by atoms with Crippen LogP contribution in [0.25, 0.3) is 0 Å². The topological polar surface area (TPSA) is 271 Å². The third-order valence-electron chi connectivity index (χ3n) is 6.03. The van der Waals surface area contributed by atoms with Crippen molar-refractivity contribution < 1.29 is 70.2 Å². The lowest BCUT2D eigenvalue weighted by atomic mass is 9.57. The van der Waals surface area contributed by atoms with Crippen LogP contribution in [-0.4, -0.2) is 115 Å². The third kappa shape index (κ3) is 10.9. The normalized spacial score (nSPS) is 14.9. The summed E-state index contributed by atoms with van der Waals surface area (Å²) in [6.45, 7) is -1.63. The van der Waals surface area contributed by atoms with Crippen molar-refractivity contribution >= 4 is 23.9 Å². The van der Waals surface area contributed by atoms with Gasteiger partial charge in [0.25, 0.3) is 0 Å². The van der Waals surface area contributed by atoms with Crippen molar-refractivity contribution in [2.75, 3.05) is 39.6 Å². The largest absolute Gasteiger partial charge is 0.478 e. The molecule has 0 atom stereocenters. The second-order valence-corrected chi connectivity index (χ2v) is 8.28. The molecule has 0 fully saturated rings. The van der Waals surface area contributed by atoms with Crippen LogP contribution in [0.15, 0.2) is 48.6 Å². The van der Waals surface area contributed by atoms with Gasteiger partial charge in [0.2, 0.25) is 0 Å². The molecular weight excluding hydrogens is 512 g/mol. The first-order chi connectivity index (χ1) is 17.7. The maximum Gasteiger partial charge on any atom is 0.328 e. The number of aliphatic carboxylic acids is 4. The summed E-state index contributed by atoms with van der Waals surface area (Å²) in [5.74, 6) is -7.35. The molecule has 14 nitrogen and oxygen atoms in total. The highest BCUT2D eigenvalue weighted by Gasteiger charge is 2.51. The van der Waals surface area contributed by atoms with Gasteiger partial charge in [0.15, 0.2) is 0 Å². The zero-order chi connectivity index (χ0) is 30.0. The molecule has 0 aliphatic carbocycles. The summed E-state index contributed by atoms with van der Waals surface area (Å²) < 4.78 is 0. The molecule has 0 aromatic carbocycles. The van der Waals surface area contributed by atoms with Crippen LogP contribution < -0.4 is 0 Å². The van der Waals surface area contributed by atoms with Gasteiger partial charge in [-0.3, -0.25) is 0 Å². The van der Waals surface area contributed by atoms with Gasteiger partial charge in [0, 0.05) is 41.1 Å².